The lowest BCUT2D eigenvalue weighted by molar-refractivity contribution is -0.147. The second-order valence-electron chi connectivity index (χ2n) is 4.44. The van der Waals surface area contributed by atoms with Gasteiger partial charge in [-0.15, -0.1) is 0 Å². The number of carboxylic acid groups (broad SMARTS) is 1. The molecule has 6 nitrogen and oxygen atoms in total. The number of ether oxygens (including phenoxy) is 1. The maximum Gasteiger partial charge on any atom is 0.347 e. The van der Waals surface area contributed by atoms with Gasteiger partial charge in [0, 0.05) is 6.20 Å². The number of hydrogen-bond acceptors (Lipinski definition) is 5. The highest BCUT2D eigenvalue weighted by Gasteiger charge is 2.20. The van der Waals surface area contributed by atoms with Crippen LogP contribution in [0.25, 0.3) is 0 Å². The minimum Gasteiger partial charge on any atom is -0.477 e. The number of esters is 1. The molecule has 0 radical (unpaired) electrons. The molecule has 0 aliphatic carbocycles. The topological polar surface area (TPSA) is 92.7 Å². The van der Waals surface area contributed by atoms with E-state index in [-0.39, 0.29) is 11.1 Å². The van der Waals surface area contributed by atoms with Crippen LogP contribution in [0.1, 0.15) is 20.3 Å². The Balaban J connectivity index is 3.05. The summed E-state index contributed by atoms with van der Waals surface area (Å²) in [6.07, 6.45) is 1.13. The first-order chi connectivity index (χ1) is 10.4. The van der Waals surface area contributed by atoms with Crippen LogP contribution in [-0.2, 0) is 14.3 Å². The Labute approximate surface area is 135 Å². The molecule has 1 aromatic rings. The predicted molar refractivity (Wildman–Crippen MR) is 85.6 cm³/mol. The highest BCUT2D eigenvalue weighted by atomic mass is 79.9. The molecule has 1 atom stereocenters. The highest BCUT2D eigenvalue weighted by molar-refractivity contribution is 9.10. The monoisotopic (exact) mass is 369 g/mol. The molecule has 0 spiro atoms. The van der Waals surface area contributed by atoms with Crippen LogP contribution in [0.4, 0.5) is 5.69 Å². The maximum atomic E-state index is 11.9. The van der Waals surface area contributed by atoms with E-state index in [4.69, 9.17) is 9.84 Å². The molecule has 0 aromatic heterocycles. The van der Waals surface area contributed by atoms with Crippen molar-refractivity contribution in [2.75, 3.05) is 5.32 Å². The van der Waals surface area contributed by atoms with Gasteiger partial charge in [0.25, 0.3) is 0 Å². The molecule has 1 aromatic carbocycles. The largest absolute Gasteiger partial charge is 0.477 e. The van der Waals surface area contributed by atoms with E-state index in [1.165, 1.54) is 6.07 Å². The Morgan fingerprint density at radius 1 is 1.41 bits per heavy atom. The smallest absolute Gasteiger partial charge is 0.347 e. The number of aliphatic carboxylic acids is 1. The minimum atomic E-state index is -1.44. The van der Waals surface area contributed by atoms with E-state index in [2.05, 4.69) is 21.2 Å². The summed E-state index contributed by atoms with van der Waals surface area (Å²) < 4.78 is 5.28. The summed E-state index contributed by atoms with van der Waals surface area (Å²) in [5.41, 5.74) is -0.810. The van der Waals surface area contributed by atoms with Gasteiger partial charge in [-0.1, -0.05) is 19.1 Å². The molecular formula is C15H16BrNO5. The lowest BCUT2D eigenvalue weighted by Gasteiger charge is -2.11. The van der Waals surface area contributed by atoms with Gasteiger partial charge in [0.15, 0.2) is 5.57 Å². The molecule has 118 valence electrons. The zero-order valence-electron chi connectivity index (χ0n) is 12.1. The summed E-state index contributed by atoms with van der Waals surface area (Å²) >= 11 is 3.10. The first-order valence-corrected chi connectivity index (χ1v) is 7.36. The summed E-state index contributed by atoms with van der Waals surface area (Å²) in [4.78, 5) is 34.9. The van der Waals surface area contributed by atoms with Crippen molar-refractivity contribution in [3.05, 3.63) is 50.7 Å². The molecule has 0 heterocycles. The molecule has 1 unspecified atom stereocenters. The average molecular weight is 370 g/mol. The Bertz CT molecular complexity index is 657. The van der Waals surface area contributed by atoms with Gasteiger partial charge in [-0.2, -0.15) is 0 Å². The van der Waals surface area contributed by atoms with Gasteiger partial charge in [0.2, 0.25) is 5.43 Å². The van der Waals surface area contributed by atoms with E-state index in [0.717, 1.165) is 6.20 Å². The number of carboxylic acids is 1. The van der Waals surface area contributed by atoms with E-state index >= 15 is 0 Å². The summed E-state index contributed by atoms with van der Waals surface area (Å²) in [5.74, 6) is -2.39. The third-order valence-electron chi connectivity index (χ3n) is 2.78. The summed E-state index contributed by atoms with van der Waals surface area (Å²) in [5, 5.41) is 11.6. The summed E-state index contributed by atoms with van der Waals surface area (Å²) in [6, 6.07) is 6.30. The molecule has 0 saturated heterocycles. The molecule has 1 rings (SSSR count). The number of carbonyl (C=O) groups is 2. The second-order valence-corrected chi connectivity index (χ2v) is 5.29. The third kappa shape index (κ3) is 5.00. The molecule has 2 N–H and O–H groups in total. The van der Waals surface area contributed by atoms with Crippen molar-refractivity contribution in [3.63, 3.8) is 0 Å². The normalized spacial score (nSPS) is 12.4. The number of carbonyl (C=O) groups excluding carboxylic acids is 1. The molecule has 0 saturated carbocycles. The van der Waals surface area contributed by atoms with Gasteiger partial charge in [-0.05, 0) is 41.4 Å². The SMILES string of the molecule is CCC(C)OC(=O)C(=CNc1ccccc(Br)c1=O)C(=O)O. The average Bonchev–Trinajstić information content (AvgIpc) is 2.62. The van der Waals surface area contributed by atoms with Crippen molar-refractivity contribution in [1.82, 2.24) is 0 Å². The molecule has 0 aliphatic rings. The van der Waals surface area contributed by atoms with Crippen LogP contribution >= 0.6 is 15.9 Å². The van der Waals surface area contributed by atoms with Crippen LogP contribution in [0, 0.1) is 0 Å². The quantitative estimate of drug-likeness (QED) is 0.346. The van der Waals surface area contributed by atoms with Crippen molar-refractivity contribution in [3.8, 4) is 0 Å². The van der Waals surface area contributed by atoms with Gasteiger partial charge < -0.3 is 15.2 Å². The van der Waals surface area contributed by atoms with Crippen molar-refractivity contribution in [2.24, 2.45) is 0 Å². The number of nitrogens with one attached hydrogen (secondary N) is 1. The number of halogens is 1. The molecule has 7 heteroatoms. The van der Waals surface area contributed by atoms with E-state index in [0.29, 0.717) is 10.9 Å². The fourth-order valence-electron chi connectivity index (χ4n) is 1.37. The van der Waals surface area contributed by atoms with E-state index in [9.17, 15) is 14.4 Å². The van der Waals surface area contributed by atoms with Gasteiger partial charge in [-0.3, -0.25) is 4.79 Å². The molecule has 22 heavy (non-hydrogen) atoms. The predicted octanol–water partition coefficient (Wildman–Crippen LogP) is 2.53. The highest BCUT2D eigenvalue weighted by Crippen LogP contribution is 2.09. The lowest BCUT2D eigenvalue weighted by Crippen LogP contribution is -2.21. The van der Waals surface area contributed by atoms with Gasteiger partial charge in [-0.25, -0.2) is 9.59 Å². The molecule has 0 bridgehead atoms. The van der Waals surface area contributed by atoms with Crippen molar-refractivity contribution >= 4 is 33.6 Å². The zero-order chi connectivity index (χ0) is 16.7. The van der Waals surface area contributed by atoms with Crippen LogP contribution in [0.2, 0.25) is 0 Å². The summed E-state index contributed by atoms with van der Waals surface area (Å²) in [6.45, 7) is 3.47. The Hall–Kier alpha value is -2.15. The molecule has 0 amide bonds. The maximum absolute atomic E-state index is 11.9. The molecular weight excluding hydrogens is 354 g/mol. The fourth-order valence-corrected chi connectivity index (χ4v) is 1.74. The Morgan fingerprint density at radius 2 is 2.05 bits per heavy atom. The van der Waals surface area contributed by atoms with Gasteiger partial charge in [0.1, 0.15) is 0 Å². The van der Waals surface area contributed by atoms with Gasteiger partial charge >= 0.3 is 11.9 Å². The first kappa shape index (κ1) is 17.9. The standard InChI is InChI=1S/C15H16BrNO5/c1-3-9(2)22-15(21)10(14(19)20)8-17-12-7-5-4-6-11(16)13(12)18/h4-9H,3H2,1-2H3,(H,17,18)(H,19,20). The minimum absolute atomic E-state index is 0.131. The third-order valence-corrected chi connectivity index (χ3v) is 3.41. The lowest BCUT2D eigenvalue weighted by atomic mass is 10.2. The zero-order valence-corrected chi connectivity index (χ0v) is 13.7. The van der Waals surface area contributed by atoms with Crippen molar-refractivity contribution in [2.45, 2.75) is 26.4 Å². The summed E-state index contributed by atoms with van der Waals surface area (Å²) in [7, 11) is 0. The van der Waals surface area contributed by atoms with Crippen LogP contribution < -0.4 is 10.7 Å². The van der Waals surface area contributed by atoms with Crippen LogP contribution in [0.15, 0.2) is 45.3 Å². The van der Waals surface area contributed by atoms with Crippen LogP contribution in [0.3, 0.4) is 0 Å². The number of anilines is 1. The molecule has 0 fully saturated rings. The van der Waals surface area contributed by atoms with Crippen molar-refractivity contribution < 1.29 is 19.4 Å². The van der Waals surface area contributed by atoms with E-state index in [1.54, 1.807) is 25.1 Å². The fraction of sp³-hybridized carbons (Fsp3) is 0.267. The van der Waals surface area contributed by atoms with Crippen LogP contribution in [-0.4, -0.2) is 23.1 Å². The number of rotatable bonds is 6. The second kappa shape index (κ2) is 8.33. The van der Waals surface area contributed by atoms with Gasteiger partial charge in [0.05, 0.1) is 16.3 Å². The first-order valence-electron chi connectivity index (χ1n) is 6.56. The van der Waals surface area contributed by atoms with Crippen LogP contribution in [0.5, 0.6) is 0 Å². The van der Waals surface area contributed by atoms with Crippen molar-refractivity contribution in [1.29, 1.82) is 0 Å². The molecule has 0 aliphatic heterocycles. The number of hydrogen-bond donors (Lipinski definition) is 2. The van der Waals surface area contributed by atoms with E-state index < -0.39 is 23.6 Å². The Kier molecular flexibility index (Phi) is 6.78. The Morgan fingerprint density at radius 3 is 2.64 bits per heavy atom. The van der Waals surface area contributed by atoms with E-state index in [1.807, 2.05) is 6.92 Å².